The standard InChI is InChI=1S/C12H10N2O6S/c13-11-7-6-10(8-12(11)14(15)16)20-21(17,18)19-9-4-2-1-3-5-9/h1-8H,13H2. The number of nitro benzene ring substituents is 1. The van der Waals surface area contributed by atoms with Crippen molar-refractivity contribution in [2.75, 3.05) is 5.73 Å². The molecule has 0 aromatic heterocycles. The highest BCUT2D eigenvalue weighted by Crippen LogP contribution is 2.27. The van der Waals surface area contributed by atoms with Crippen LogP contribution in [0.5, 0.6) is 11.5 Å². The molecule has 0 amide bonds. The average molecular weight is 310 g/mol. The summed E-state index contributed by atoms with van der Waals surface area (Å²) in [6.45, 7) is 0. The quantitative estimate of drug-likeness (QED) is 0.508. The Labute approximate surface area is 120 Å². The van der Waals surface area contributed by atoms with Gasteiger partial charge in [-0.1, -0.05) is 18.2 Å². The monoisotopic (exact) mass is 310 g/mol. The molecule has 0 fully saturated rings. The van der Waals surface area contributed by atoms with Gasteiger partial charge in [-0.25, -0.2) is 0 Å². The van der Waals surface area contributed by atoms with E-state index >= 15 is 0 Å². The summed E-state index contributed by atoms with van der Waals surface area (Å²) >= 11 is 0. The van der Waals surface area contributed by atoms with Crippen LogP contribution in [0.3, 0.4) is 0 Å². The first-order chi connectivity index (χ1) is 9.87. The Morgan fingerprint density at radius 1 is 1.00 bits per heavy atom. The molecule has 0 spiro atoms. The minimum absolute atomic E-state index is 0.0578. The highest BCUT2D eigenvalue weighted by molar-refractivity contribution is 7.82. The van der Waals surface area contributed by atoms with Crippen LogP contribution in [-0.2, 0) is 10.4 Å². The number of nitrogen functional groups attached to an aromatic ring is 1. The van der Waals surface area contributed by atoms with E-state index in [4.69, 9.17) is 5.73 Å². The summed E-state index contributed by atoms with van der Waals surface area (Å²) < 4.78 is 32.7. The fourth-order valence-electron chi connectivity index (χ4n) is 1.46. The molecule has 0 aliphatic rings. The molecule has 2 aromatic rings. The van der Waals surface area contributed by atoms with Crippen LogP contribution >= 0.6 is 0 Å². The molecule has 9 heteroatoms. The number of para-hydroxylation sites is 1. The summed E-state index contributed by atoms with van der Waals surface area (Å²) in [5, 5.41) is 10.7. The second kappa shape index (κ2) is 5.67. The fraction of sp³-hybridized carbons (Fsp3) is 0. The van der Waals surface area contributed by atoms with Gasteiger partial charge >= 0.3 is 10.4 Å². The fourth-order valence-corrected chi connectivity index (χ4v) is 2.18. The Morgan fingerprint density at radius 2 is 1.62 bits per heavy atom. The summed E-state index contributed by atoms with van der Waals surface area (Å²) in [5.41, 5.74) is 4.84. The van der Waals surface area contributed by atoms with Crippen molar-refractivity contribution in [1.29, 1.82) is 0 Å². The van der Waals surface area contributed by atoms with Crippen LogP contribution in [0, 0.1) is 10.1 Å². The Morgan fingerprint density at radius 3 is 2.24 bits per heavy atom. The van der Waals surface area contributed by atoms with E-state index in [-0.39, 0.29) is 17.2 Å². The number of hydrogen-bond acceptors (Lipinski definition) is 7. The Hall–Kier alpha value is -2.81. The lowest BCUT2D eigenvalue weighted by Crippen LogP contribution is -2.16. The first kappa shape index (κ1) is 14.6. The molecule has 0 unspecified atom stereocenters. The van der Waals surface area contributed by atoms with E-state index in [1.165, 1.54) is 24.3 Å². The lowest BCUT2D eigenvalue weighted by Gasteiger charge is -2.08. The van der Waals surface area contributed by atoms with Gasteiger partial charge in [0.15, 0.2) is 5.75 Å². The van der Waals surface area contributed by atoms with Crippen molar-refractivity contribution in [2.24, 2.45) is 0 Å². The zero-order valence-electron chi connectivity index (χ0n) is 10.5. The molecule has 8 nitrogen and oxygen atoms in total. The largest absolute Gasteiger partial charge is 0.500 e. The van der Waals surface area contributed by atoms with Gasteiger partial charge in [-0.05, 0) is 24.3 Å². The third-order valence-corrected chi connectivity index (χ3v) is 3.13. The minimum atomic E-state index is -4.41. The normalized spacial score (nSPS) is 10.9. The molecule has 0 bridgehead atoms. The first-order valence-corrected chi connectivity index (χ1v) is 6.93. The maximum Gasteiger partial charge on any atom is 0.500 e. The number of anilines is 1. The number of nitrogens with zero attached hydrogens (tertiary/aromatic N) is 1. The van der Waals surface area contributed by atoms with E-state index in [9.17, 15) is 18.5 Å². The third kappa shape index (κ3) is 3.83. The Kier molecular flexibility index (Phi) is 3.94. The highest BCUT2D eigenvalue weighted by Gasteiger charge is 2.19. The van der Waals surface area contributed by atoms with Crippen molar-refractivity contribution in [3.05, 3.63) is 58.6 Å². The number of nitrogens with two attached hydrogens (primary N) is 1. The Balaban J connectivity index is 2.21. The van der Waals surface area contributed by atoms with Gasteiger partial charge in [0.2, 0.25) is 0 Å². The van der Waals surface area contributed by atoms with Gasteiger partial charge in [0, 0.05) is 0 Å². The van der Waals surface area contributed by atoms with Crippen molar-refractivity contribution in [2.45, 2.75) is 0 Å². The van der Waals surface area contributed by atoms with Gasteiger partial charge in [0.1, 0.15) is 11.4 Å². The first-order valence-electron chi connectivity index (χ1n) is 5.60. The summed E-state index contributed by atoms with van der Waals surface area (Å²) in [4.78, 5) is 9.98. The molecule has 0 saturated heterocycles. The van der Waals surface area contributed by atoms with Crippen LogP contribution < -0.4 is 14.1 Å². The lowest BCUT2D eigenvalue weighted by molar-refractivity contribution is -0.383. The summed E-state index contributed by atoms with van der Waals surface area (Å²) in [6, 6.07) is 11.0. The lowest BCUT2D eigenvalue weighted by atomic mass is 10.2. The Bertz CT molecular complexity index is 761. The van der Waals surface area contributed by atoms with Crippen LogP contribution in [0.2, 0.25) is 0 Å². The maximum absolute atomic E-state index is 11.7. The van der Waals surface area contributed by atoms with Crippen molar-refractivity contribution in [3.8, 4) is 11.5 Å². The average Bonchev–Trinajstić information content (AvgIpc) is 2.41. The summed E-state index contributed by atoms with van der Waals surface area (Å²) in [7, 11) is -4.41. The molecule has 0 saturated carbocycles. The second-order valence-electron chi connectivity index (χ2n) is 3.87. The third-order valence-electron chi connectivity index (χ3n) is 2.34. The van der Waals surface area contributed by atoms with Crippen LogP contribution in [0.25, 0.3) is 0 Å². The molecular weight excluding hydrogens is 300 g/mol. The zero-order chi connectivity index (χ0) is 15.5. The smallest absolute Gasteiger partial charge is 0.393 e. The van der Waals surface area contributed by atoms with E-state index in [0.717, 1.165) is 6.07 Å². The van der Waals surface area contributed by atoms with Gasteiger partial charge < -0.3 is 14.1 Å². The molecule has 0 aliphatic heterocycles. The predicted molar refractivity (Wildman–Crippen MR) is 74.1 cm³/mol. The van der Waals surface area contributed by atoms with Gasteiger partial charge in [0.25, 0.3) is 5.69 Å². The molecule has 110 valence electrons. The molecule has 2 N–H and O–H groups in total. The second-order valence-corrected chi connectivity index (χ2v) is 5.02. The van der Waals surface area contributed by atoms with Gasteiger partial charge in [-0.3, -0.25) is 10.1 Å². The molecule has 21 heavy (non-hydrogen) atoms. The molecular formula is C12H10N2O6S. The SMILES string of the molecule is Nc1ccc(OS(=O)(=O)Oc2ccccc2)cc1[N+](=O)[O-]. The number of nitro groups is 1. The molecule has 2 rings (SSSR count). The topological polar surface area (TPSA) is 122 Å². The maximum atomic E-state index is 11.7. The van der Waals surface area contributed by atoms with Crippen molar-refractivity contribution in [1.82, 2.24) is 0 Å². The van der Waals surface area contributed by atoms with Gasteiger partial charge in [-0.2, -0.15) is 0 Å². The van der Waals surface area contributed by atoms with Crippen LogP contribution in [0.4, 0.5) is 11.4 Å². The van der Waals surface area contributed by atoms with E-state index in [2.05, 4.69) is 8.37 Å². The van der Waals surface area contributed by atoms with Gasteiger partial charge in [-0.15, -0.1) is 8.42 Å². The number of rotatable bonds is 5. The van der Waals surface area contributed by atoms with Crippen LogP contribution in [-0.4, -0.2) is 13.3 Å². The zero-order valence-corrected chi connectivity index (χ0v) is 11.3. The van der Waals surface area contributed by atoms with E-state index in [0.29, 0.717) is 0 Å². The minimum Gasteiger partial charge on any atom is -0.393 e. The number of benzene rings is 2. The summed E-state index contributed by atoms with van der Waals surface area (Å²) in [5.74, 6) is -0.214. The van der Waals surface area contributed by atoms with Gasteiger partial charge in [0.05, 0.1) is 11.0 Å². The van der Waals surface area contributed by atoms with Crippen molar-refractivity contribution in [3.63, 3.8) is 0 Å². The van der Waals surface area contributed by atoms with Crippen molar-refractivity contribution < 1.29 is 21.7 Å². The predicted octanol–water partition coefficient (Wildman–Crippen LogP) is 1.88. The van der Waals surface area contributed by atoms with E-state index < -0.39 is 21.0 Å². The molecule has 2 aromatic carbocycles. The molecule has 0 aliphatic carbocycles. The van der Waals surface area contributed by atoms with Crippen LogP contribution in [0.1, 0.15) is 0 Å². The van der Waals surface area contributed by atoms with E-state index in [1.54, 1.807) is 18.2 Å². The molecule has 0 radical (unpaired) electrons. The van der Waals surface area contributed by atoms with Crippen molar-refractivity contribution >= 4 is 21.8 Å². The van der Waals surface area contributed by atoms with E-state index in [1.807, 2.05) is 0 Å². The summed E-state index contributed by atoms with van der Waals surface area (Å²) in [6.07, 6.45) is 0. The molecule has 0 heterocycles. The molecule has 0 atom stereocenters. The highest BCUT2D eigenvalue weighted by atomic mass is 32.3. The van der Waals surface area contributed by atoms with Crippen LogP contribution in [0.15, 0.2) is 48.5 Å². The number of hydrogen-bond donors (Lipinski definition) is 1.